The Labute approximate surface area is 297 Å². The molecule has 1 N–H and O–H groups in total. The second-order valence-electron chi connectivity index (χ2n) is 13.8. The van der Waals surface area contributed by atoms with Crippen LogP contribution in [-0.2, 0) is 4.79 Å². The monoisotopic (exact) mass is 701 g/mol. The summed E-state index contributed by atoms with van der Waals surface area (Å²) in [4.78, 5) is 34.9. The van der Waals surface area contributed by atoms with Gasteiger partial charge in [0.15, 0.2) is 5.82 Å². The van der Waals surface area contributed by atoms with E-state index in [0.29, 0.717) is 48.1 Å². The standard InChI is InChI=1S/C33H34ClFN6O2.C5H11NO/c1-3-26(42)40-17-12-22(19-40)39(2)31-24-18-36-29(23-10-4-8-21-9-5-11-25(34)27(21)23)28(35)30(24)37-32(38-31)43-20-33-13-6-15-41(33)16-7-14-33;7-5-4-6-2-1-3-6/h3-5,8-11,18,22H,1,6-7,12-17,19-20H2,2H3;7H,1-5H2. The summed E-state index contributed by atoms with van der Waals surface area (Å²) in [5, 5.41) is 11.0. The molecule has 4 aromatic rings. The van der Waals surface area contributed by atoms with Crippen LogP contribution in [-0.4, -0.2) is 118 Å². The molecule has 4 fully saturated rings. The summed E-state index contributed by atoms with van der Waals surface area (Å²) in [5.41, 5.74) is 0.900. The number of benzene rings is 2. The lowest BCUT2D eigenvalue weighted by molar-refractivity contribution is -0.125. The highest BCUT2D eigenvalue weighted by molar-refractivity contribution is 6.36. The number of nitrogens with zero attached hydrogens (tertiary/aromatic N) is 7. The number of hydrogen-bond acceptors (Lipinski definition) is 9. The molecule has 0 saturated carbocycles. The van der Waals surface area contributed by atoms with Gasteiger partial charge in [0.2, 0.25) is 5.91 Å². The number of aromatic nitrogens is 3. The first-order chi connectivity index (χ1) is 24.3. The molecule has 8 rings (SSSR count). The average molecular weight is 702 g/mol. The fourth-order valence-electron chi connectivity index (χ4n) is 8.00. The third kappa shape index (κ3) is 6.64. The quantitative estimate of drug-likeness (QED) is 0.225. The van der Waals surface area contributed by atoms with Gasteiger partial charge in [-0.2, -0.15) is 9.97 Å². The van der Waals surface area contributed by atoms with Crippen LogP contribution in [0.15, 0.2) is 55.3 Å². The fraction of sp³-hybridized carbons (Fsp3) is 0.474. The Kier molecular flexibility index (Phi) is 10.2. The molecule has 0 bridgehead atoms. The third-order valence-electron chi connectivity index (χ3n) is 10.9. The minimum atomic E-state index is -0.553. The van der Waals surface area contributed by atoms with Crippen molar-refractivity contribution in [3.8, 4) is 17.3 Å². The van der Waals surface area contributed by atoms with Crippen molar-refractivity contribution in [2.45, 2.75) is 50.1 Å². The number of hydrogen-bond donors (Lipinski definition) is 1. The van der Waals surface area contributed by atoms with Crippen molar-refractivity contribution in [1.82, 2.24) is 29.7 Å². The molecule has 2 aromatic carbocycles. The average Bonchev–Trinajstić information content (AvgIpc) is 3.86. The second kappa shape index (κ2) is 14.8. The van der Waals surface area contributed by atoms with Gasteiger partial charge in [0, 0.05) is 54.9 Å². The van der Waals surface area contributed by atoms with Crippen LogP contribution in [0.25, 0.3) is 32.9 Å². The van der Waals surface area contributed by atoms with Crippen molar-refractivity contribution in [2.24, 2.45) is 0 Å². The maximum Gasteiger partial charge on any atom is 0.319 e. The van der Waals surface area contributed by atoms with Crippen LogP contribution in [0.1, 0.15) is 38.5 Å². The molecule has 6 heterocycles. The minimum absolute atomic E-state index is 0.0109. The van der Waals surface area contributed by atoms with E-state index >= 15 is 4.39 Å². The van der Waals surface area contributed by atoms with Gasteiger partial charge in [-0.05, 0) is 82.2 Å². The lowest BCUT2D eigenvalue weighted by atomic mass is 9.95. The second-order valence-corrected chi connectivity index (χ2v) is 14.2. The molecule has 10 nitrogen and oxygen atoms in total. The number of carbonyl (C=O) groups excluding carboxylic acids is 1. The molecule has 50 heavy (non-hydrogen) atoms. The van der Waals surface area contributed by atoms with Crippen LogP contribution in [0.5, 0.6) is 6.01 Å². The van der Waals surface area contributed by atoms with Gasteiger partial charge in [0.25, 0.3) is 0 Å². The summed E-state index contributed by atoms with van der Waals surface area (Å²) < 4.78 is 23.0. The number of pyridine rings is 1. The normalized spacial score (nSPS) is 20.0. The van der Waals surface area contributed by atoms with Gasteiger partial charge < -0.3 is 24.5 Å². The molecule has 2 aromatic heterocycles. The largest absolute Gasteiger partial charge is 0.461 e. The molecular formula is C38H45ClFN7O3. The first kappa shape index (κ1) is 34.5. The van der Waals surface area contributed by atoms with Gasteiger partial charge in [-0.3, -0.25) is 14.7 Å². The van der Waals surface area contributed by atoms with Crippen LogP contribution in [0.2, 0.25) is 5.02 Å². The number of aliphatic hydroxyl groups is 1. The molecule has 1 amide bonds. The van der Waals surface area contributed by atoms with Gasteiger partial charge in [0.1, 0.15) is 23.6 Å². The number of anilines is 1. The highest BCUT2D eigenvalue weighted by Crippen LogP contribution is 2.40. The molecule has 0 spiro atoms. The Morgan fingerprint density at radius 3 is 2.56 bits per heavy atom. The first-order valence-corrected chi connectivity index (χ1v) is 18.1. The summed E-state index contributed by atoms with van der Waals surface area (Å²) in [7, 11) is 1.92. The van der Waals surface area contributed by atoms with Crippen LogP contribution in [0, 0.1) is 5.82 Å². The number of carbonyl (C=O) groups is 1. The van der Waals surface area contributed by atoms with Gasteiger partial charge in [0.05, 0.1) is 17.5 Å². The van der Waals surface area contributed by atoms with Crippen LogP contribution in [0.4, 0.5) is 10.2 Å². The van der Waals surface area contributed by atoms with Crippen molar-refractivity contribution >= 4 is 45.0 Å². The topological polar surface area (TPSA) is 98.2 Å². The van der Waals surface area contributed by atoms with Crippen molar-refractivity contribution in [3.05, 3.63) is 66.1 Å². The third-order valence-corrected chi connectivity index (χ3v) is 11.2. The van der Waals surface area contributed by atoms with Crippen LogP contribution < -0.4 is 9.64 Å². The Hall–Kier alpha value is -3.90. The number of likely N-dealkylation sites (N-methyl/N-ethyl adjacent to an activating group) is 1. The minimum Gasteiger partial charge on any atom is -0.461 e. The highest BCUT2D eigenvalue weighted by atomic mass is 35.5. The fourth-order valence-corrected chi connectivity index (χ4v) is 8.29. The van der Waals surface area contributed by atoms with E-state index in [2.05, 4.69) is 26.3 Å². The van der Waals surface area contributed by atoms with Gasteiger partial charge >= 0.3 is 6.01 Å². The molecular weight excluding hydrogens is 657 g/mol. The number of halogens is 2. The SMILES string of the molecule is C=CC(=O)N1CCC(N(C)c2nc(OCC34CCCN3CCC4)nc3c(F)c(-c4cccc5cccc(Cl)c45)ncc23)C1.OCCN1CCC1. The summed E-state index contributed by atoms with van der Waals surface area (Å²) in [6, 6.07) is 11.4. The van der Waals surface area contributed by atoms with Crippen molar-refractivity contribution in [1.29, 1.82) is 0 Å². The molecule has 264 valence electrons. The van der Waals surface area contributed by atoms with E-state index in [0.717, 1.165) is 62.5 Å². The number of β-amino-alcohol motifs (C(OH)–C–C–N with tert-alkyl or cyclic N) is 1. The molecule has 0 radical (unpaired) electrons. The zero-order valence-electron chi connectivity index (χ0n) is 28.7. The number of amides is 1. The Morgan fingerprint density at radius 1 is 1.12 bits per heavy atom. The number of likely N-dealkylation sites (tertiary alicyclic amines) is 2. The van der Waals surface area contributed by atoms with Gasteiger partial charge in [-0.25, -0.2) is 4.39 Å². The summed E-state index contributed by atoms with van der Waals surface area (Å²) in [6.45, 7) is 11.0. The smallest absolute Gasteiger partial charge is 0.319 e. The summed E-state index contributed by atoms with van der Waals surface area (Å²) in [5.74, 6) is -0.127. The van der Waals surface area contributed by atoms with Crippen molar-refractivity contribution in [3.63, 3.8) is 0 Å². The number of aliphatic hydroxyl groups excluding tert-OH is 1. The maximum absolute atomic E-state index is 16.6. The zero-order chi connectivity index (χ0) is 34.8. The number of ether oxygens (including phenoxy) is 1. The van der Waals surface area contributed by atoms with E-state index in [1.807, 2.05) is 42.3 Å². The van der Waals surface area contributed by atoms with E-state index in [9.17, 15) is 4.79 Å². The van der Waals surface area contributed by atoms with E-state index < -0.39 is 5.82 Å². The van der Waals surface area contributed by atoms with Gasteiger partial charge in [-0.15, -0.1) is 0 Å². The zero-order valence-corrected chi connectivity index (χ0v) is 29.4. The van der Waals surface area contributed by atoms with E-state index in [1.54, 1.807) is 17.2 Å². The Balaban J connectivity index is 0.000000501. The molecule has 12 heteroatoms. The van der Waals surface area contributed by atoms with E-state index in [-0.39, 0.29) is 34.7 Å². The molecule has 0 aliphatic carbocycles. The molecule has 4 aliphatic rings. The highest BCUT2D eigenvalue weighted by Gasteiger charge is 2.45. The first-order valence-electron chi connectivity index (χ1n) is 17.7. The van der Waals surface area contributed by atoms with Crippen LogP contribution >= 0.6 is 11.6 Å². The Bertz CT molecular complexity index is 1870. The predicted octanol–water partition coefficient (Wildman–Crippen LogP) is 5.55. The molecule has 1 atom stereocenters. The summed E-state index contributed by atoms with van der Waals surface area (Å²) in [6.07, 6.45) is 9.49. The lowest BCUT2D eigenvalue weighted by Gasteiger charge is -2.31. The summed E-state index contributed by atoms with van der Waals surface area (Å²) >= 11 is 6.60. The van der Waals surface area contributed by atoms with Crippen molar-refractivity contribution in [2.75, 3.05) is 71.0 Å². The van der Waals surface area contributed by atoms with Gasteiger partial charge in [-0.1, -0.05) is 48.5 Å². The number of fused-ring (bicyclic) bond motifs is 3. The lowest BCUT2D eigenvalue weighted by Crippen LogP contribution is -2.43. The predicted molar refractivity (Wildman–Crippen MR) is 195 cm³/mol. The Morgan fingerprint density at radius 2 is 1.88 bits per heavy atom. The molecule has 4 saturated heterocycles. The maximum atomic E-state index is 16.6. The van der Waals surface area contributed by atoms with E-state index in [4.69, 9.17) is 26.4 Å². The number of rotatable bonds is 9. The van der Waals surface area contributed by atoms with Crippen LogP contribution in [0.3, 0.4) is 0 Å². The van der Waals surface area contributed by atoms with Crippen molar-refractivity contribution < 1.29 is 19.0 Å². The molecule has 4 aliphatic heterocycles. The molecule has 1 unspecified atom stereocenters. The van der Waals surface area contributed by atoms with E-state index in [1.165, 1.54) is 25.6 Å².